The zero-order chi connectivity index (χ0) is 9.97. The Labute approximate surface area is 103 Å². The molecule has 1 aromatic rings. The first-order valence-electron chi connectivity index (χ1n) is 4.54. The predicted octanol–water partition coefficient (Wildman–Crippen LogP) is 2.67. The van der Waals surface area contributed by atoms with E-state index >= 15 is 0 Å². The molecule has 1 fully saturated rings. The number of halogens is 3. The minimum atomic E-state index is -0.192. The van der Waals surface area contributed by atoms with Crippen LogP contribution in [0, 0.1) is 5.82 Å². The summed E-state index contributed by atoms with van der Waals surface area (Å²) >= 11 is 3.35. The Bertz CT molecular complexity index is 311. The van der Waals surface area contributed by atoms with Crippen LogP contribution in [0.3, 0.4) is 0 Å². The maximum atomic E-state index is 13.5. The first kappa shape index (κ1) is 12.9. The fourth-order valence-corrected chi connectivity index (χ4v) is 2.21. The van der Waals surface area contributed by atoms with Gasteiger partial charge in [-0.05, 0) is 12.1 Å². The molecule has 0 bridgehead atoms. The van der Waals surface area contributed by atoms with Gasteiger partial charge in [0.2, 0.25) is 0 Å². The highest BCUT2D eigenvalue weighted by Crippen LogP contribution is 2.27. The third kappa shape index (κ3) is 2.91. The van der Waals surface area contributed by atoms with E-state index < -0.39 is 0 Å². The number of rotatable bonds is 1. The monoisotopic (exact) mass is 295 g/mol. The van der Waals surface area contributed by atoms with Crippen molar-refractivity contribution < 1.29 is 9.13 Å². The van der Waals surface area contributed by atoms with Crippen LogP contribution < -0.4 is 5.32 Å². The molecule has 84 valence electrons. The molecule has 15 heavy (non-hydrogen) atoms. The molecule has 0 unspecified atom stereocenters. The Morgan fingerprint density at radius 2 is 2.27 bits per heavy atom. The molecule has 1 aliphatic heterocycles. The molecule has 1 heterocycles. The molecule has 1 saturated heterocycles. The summed E-state index contributed by atoms with van der Waals surface area (Å²) in [6.07, 6.45) is 0. The summed E-state index contributed by atoms with van der Waals surface area (Å²) < 4.78 is 19.6. The van der Waals surface area contributed by atoms with Crippen LogP contribution in [0.5, 0.6) is 0 Å². The Morgan fingerprint density at radius 3 is 2.87 bits per heavy atom. The van der Waals surface area contributed by atoms with Crippen LogP contribution >= 0.6 is 28.3 Å². The second-order valence-electron chi connectivity index (χ2n) is 3.22. The van der Waals surface area contributed by atoms with E-state index in [1.807, 2.05) is 6.07 Å². The van der Waals surface area contributed by atoms with E-state index in [1.54, 1.807) is 6.07 Å². The van der Waals surface area contributed by atoms with Gasteiger partial charge in [-0.1, -0.05) is 22.0 Å². The van der Waals surface area contributed by atoms with Gasteiger partial charge in [0, 0.05) is 16.6 Å². The second-order valence-corrected chi connectivity index (χ2v) is 4.07. The minimum absolute atomic E-state index is 0. The van der Waals surface area contributed by atoms with Gasteiger partial charge in [-0.25, -0.2) is 4.39 Å². The molecule has 1 aromatic carbocycles. The van der Waals surface area contributed by atoms with Crippen molar-refractivity contribution in [2.75, 3.05) is 19.8 Å². The molecule has 0 spiro atoms. The van der Waals surface area contributed by atoms with E-state index in [9.17, 15) is 4.39 Å². The van der Waals surface area contributed by atoms with Gasteiger partial charge in [0.15, 0.2) is 0 Å². The average Bonchev–Trinajstić information content (AvgIpc) is 2.19. The maximum Gasteiger partial charge on any atom is 0.129 e. The fraction of sp³-hybridized carbons (Fsp3) is 0.400. The molecule has 0 aliphatic carbocycles. The highest BCUT2D eigenvalue weighted by atomic mass is 79.9. The minimum Gasteiger partial charge on any atom is -0.378 e. The quantitative estimate of drug-likeness (QED) is 0.860. The van der Waals surface area contributed by atoms with Gasteiger partial charge in [0.25, 0.3) is 0 Å². The summed E-state index contributed by atoms with van der Waals surface area (Å²) in [6, 6.07) is 4.96. The molecule has 1 N–H and O–H groups in total. The van der Waals surface area contributed by atoms with E-state index in [1.165, 1.54) is 6.07 Å². The molecule has 1 atom stereocenters. The number of nitrogens with one attached hydrogen (secondary N) is 1. The third-order valence-corrected chi connectivity index (χ3v) is 2.96. The van der Waals surface area contributed by atoms with Crippen molar-refractivity contribution >= 4 is 28.3 Å². The maximum absolute atomic E-state index is 13.5. The number of morpholine rings is 1. The Hall–Kier alpha value is -0.160. The highest BCUT2D eigenvalue weighted by Gasteiger charge is 2.20. The summed E-state index contributed by atoms with van der Waals surface area (Å²) in [7, 11) is 0. The summed E-state index contributed by atoms with van der Waals surface area (Å²) in [4.78, 5) is 0. The Morgan fingerprint density at radius 1 is 1.47 bits per heavy atom. The van der Waals surface area contributed by atoms with Crippen LogP contribution in [0.4, 0.5) is 4.39 Å². The molecular weight excluding hydrogens is 284 g/mol. The fourth-order valence-electron chi connectivity index (χ4n) is 1.59. The lowest BCUT2D eigenvalue weighted by Crippen LogP contribution is -2.35. The molecule has 2 rings (SSSR count). The SMILES string of the molecule is Cl.Fc1cccc(Br)c1[C@@H]1COCCN1. The molecular formula is C10H12BrClFNO. The first-order valence-corrected chi connectivity index (χ1v) is 5.33. The molecule has 1 aliphatic rings. The standard InChI is InChI=1S/C10H11BrFNO.ClH/c11-7-2-1-3-8(12)10(7)9-6-14-5-4-13-9;/h1-3,9,13H,4-6H2;1H/t9-;/m0./s1. The van der Waals surface area contributed by atoms with Crippen LogP contribution in [-0.4, -0.2) is 19.8 Å². The van der Waals surface area contributed by atoms with E-state index in [2.05, 4.69) is 21.2 Å². The van der Waals surface area contributed by atoms with Gasteiger partial charge in [0.1, 0.15) is 5.82 Å². The average molecular weight is 297 g/mol. The largest absolute Gasteiger partial charge is 0.378 e. The highest BCUT2D eigenvalue weighted by molar-refractivity contribution is 9.10. The lowest BCUT2D eigenvalue weighted by atomic mass is 10.1. The van der Waals surface area contributed by atoms with E-state index in [4.69, 9.17) is 4.74 Å². The van der Waals surface area contributed by atoms with Crippen molar-refractivity contribution in [2.24, 2.45) is 0 Å². The van der Waals surface area contributed by atoms with Crippen LogP contribution in [0.1, 0.15) is 11.6 Å². The van der Waals surface area contributed by atoms with Gasteiger partial charge in [0.05, 0.1) is 19.3 Å². The third-order valence-electron chi connectivity index (χ3n) is 2.27. The molecule has 2 nitrogen and oxygen atoms in total. The van der Waals surface area contributed by atoms with E-state index in [0.29, 0.717) is 18.8 Å². The van der Waals surface area contributed by atoms with Gasteiger partial charge >= 0.3 is 0 Å². The predicted molar refractivity (Wildman–Crippen MR) is 62.9 cm³/mol. The van der Waals surface area contributed by atoms with Gasteiger partial charge < -0.3 is 10.1 Å². The summed E-state index contributed by atoms with van der Waals surface area (Å²) in [5.74, 6) is -0.192. The number of ether oxygens (including phenoxy) is 1. The van der Waals surface area contributed by atoms with E-state index in [-0.39, 0.29) is 24.3 Å². The Kier molecular flexibility index (Phi) is 4.99. The number of benzene rings is 1. The van der Waals surface area contributed by atoms with Crippen molar-refractivity contribution in [2.45, 2.75) is 6.04 Å². The lowest BCUT2D eigenvalue weighted by Gasteiger charge is -2.25. The van der Waals surface area contributed by atoms with Crippen LogP contribution in [0.15, 0.2) is 22.7 Å². The van der Waals surface area contributed by atoms with Crippen LogP contribution in [0.25, 0.3) is 0 Å². The molecule has 0 saturated carbocycles. The summed E-state index contributed by atoms with van der Waals surface area (Å²) in [6.45, 7) is 1.99. The van der Waals surface area contributed by atoms with Crippen LogP contribution in [-0.2, 0) is 4.74 Å². The van der Waals surface area contributed by atoms with Gasteiger partial charge in [-0.2, -0.15) is 0 Å². The molecule has 0 amide bonds. The zero-order valence-electron chi connectivity index (χ0n) is 8.00. The summed E-state index contributed by atoms with van der Waals surface area (Å²) in [5, 5.41) is 3.22. The first-order chi connectivity index (χ1) is 6.79. The van der Waals surface area contributed by atoms with Crippen molar-refractivity contribution in [3.05, 3.63) is 34.1 Å². The van der Waals surface area contributed by atoms with Crippen molar-refractivity contribution in [1.82, 2.24) is 5.32 Å². The lowest BCUT2D eigenvalue weighted by molar-refractivity contribution is 0.0755. The molecule has 5 heteroatoms. The topological polar surface area (TPSA) is 21.3 Å². The van der Waals surface area contributed by atoms with Crippen molar-refractivity contribution in [1.29, 1.82) is 0 Å². The van der Waals surface area contributed by atoms with Crippen molar-refractivity contribution in [3.63, 3.8) is 0 Å². The number of hydrogen-bond acceptors (Lipinski definition) is 2. The second kappa shape index (κ2) is 5.80. The van der Waals surface area contributed by atoms with Crippen LogP contribution in [0.2, 0.25) is 0 Å². The van der Waals surface area contributed by atoms with Gasteiger partial charge in [-0.3, -0.25) is 0 Å². The zero-order valence-corrected chi connectivity index (χ0v) is 10.4. The van der Waals surface area contributed by atoms with Gasteiger partial charge in [-0.15, -0.1) is 12.4 Å². The van der Waals surface area contributed by atoms with Crippen molar-refractivity contribution in [3.8, 4) is 0 Å². The number of hydrogen-bond donors (Lipinski definition) is 1. The molecule has 0 aromatic heterocycles. The summed E-state index contributed by atoms with van der Waals surface area (Å²) in [5.41, 5.74) is 0.659. The molecule has 0 radical (unpaired) electrons. The smallest absolute Gasteiger partial charge is 0.129 e. The Balaban J connectivity index is 0.00000112. The normalized spacial score (nSPS) is 20.8. The van der Waals surface area contributed by atoms with E-state index in [0.717, 1.165) is 11.0 Å².